The largest absolute Gasteiger partial charge is 0.395 e. The third-order valence-corrected chi connectivity index (χ3v) is 0.992. The van der Waals surface area contributed by atoms with E-state index in [2.05, 4.69) is 9.73 Å². The Morgan fingerprint density at radius 1 is 1.50 bits per heavy atom. The van der Waals surface area contributed by atoms with Crippen LogP contribution in [0.4, 0.5) is 13.2 Å². The van der Waals surface area contributed by atoms with Gasteiger partial charge in [-0.3, -0.25) is 4.99 Å². The number of hydrogen-bond acceptors (Lipinski definition) is 2. The van der Waals surface area contributed by atoms with Gasteiger partial charge in [0.25, 0.3) is 0 Å². The van der Waals surface area contributed by atoms with Crippen molar-refractivity contribution >= 4 is 5.84 Å². The second kappa shape index (κ2) is 4.97. The molecule has 0 radical (unpaired) electrons. The summed E-state index contributed by atoms with van der Waals surface area (Å²) in [4.78, 5) is 3.45. The van der Waals surface area contributed by atoms with Gasteiger partial charge in [-0.15, -0.1) is 0 Å². The molecule has 0 atom stereocenters. The minimum absolute atomic E-state index is 0.165. The van der Waals surface area contributed by atoms with Crippen molar-refractivity contribution in [1.29, 1.82) is 0 Å². The van der Waals surface area contributed by atoms with Gasteiger partial charge in [0, 0.05) is 7.11 Å². The van der Waals surface area contributed by atoms with Gasteiger partial charge < -0.3 is 10.5 Å². The monoisotopic (exact) mass is 184 g/mol. The zero-order chi connectivity index (χ0) is 9.61. The summed E-state index contributed by atoms with van der Waals surface area (Å²) in [7, 11) is 1.44. The standard InChI is InChI=1S/C6H11F3N2O/c1-12-3-2-11-5(10)4-6(7,8)9/h2-4H2,1H3,(H2,10,11). The number of methoxy groups -OCH3 is 1. The summed E-state index contributed by atoms with van der Waals surface area (Å²) in [5.41, 5.74) is 4.98. The number of hydrogen-bond donors (Lipinski definition) is 1. The highest BCUT2D eigenvalue weighted by Gasteiger charge is 2.28. The normalized spacial score (nSPS) is 13.5. The summed E-state index contributed by atoms with van der Waals surface area (Å²) < 4.78 is 39.4. The molecule has 0 saturated carbocycles. The molecule has 0 aliphatic carbocycles. The molecule has 0 aromatic heterocycles. The first-order valence-corrected chi connectivity index (χ1v) is 3.30. The highest BCUT2D eigenvalue weighted by molar-refractivity contribution is 5.80. The Kier molecular flexibility index (Phi) is 4.65. The number of halogens is 3. The molecule has 0 spiro atoms. The van der Waals surface area contributed by atoms with Crippen LogP contribution in [0.25, 0.3) is 0 Å². The van der Waals surface area contributed by atoms with Crippen molar-refractivity contribution in [2.75, 3.05) is 20.3 Å². The first kappa shape index (κ1) is 11.2. The minimum atomic E-state index is -4.28. The van der Waals surface area contributed by atoms with E-state index >= 15 is 0 Å². The van der Waals surface area contributed by atoms with Crippen LogP contribution in [0.5, 0.6) is 0 Å². The highest BCUT2D eigenvalue weighted by atomic mass is 19.4. The van der Waals surface area contributed by atoms with Crippen molar-refractivity contribution in [1.82, 2.24) is 0 Å². The van der Waals surface area contributed by atoms with Crippen LogP contribution in [0.15, 0.2) is 4.99 Å². The molecule has 0 fully saturated rings. The zero-order valence-corrected chi connectivity index (χ0v) is 6.69. The lowest BCUT2D eigenvalue weighted by molar-refractivity contribution is -0.121. The number of amidine groups is 1. The molecular formula is C6H11F3N2O. The Bertz CT molecular complexity index is 155. The Hall–Kier alpha value is -0.780. The molecule has 0 aromatic carbocycles. The summed E-state index contributed by atoms with van der Waals surface area (Å²) in [5, 5.41) is 0. The van der Waals surface area contributed by atoms with Crippen LogP contribution in [-0.4, -0.2) is 32.3 Å². The predicted molar refractivity (Wildman–Crippen MR) is 39.0 cm³/mol. The molecule has 0 aliphatic rings. The van der Waals surface area contributed by atoms with Gasteiger partial charge in [-0.05, 0) is 0 Å². The molecular weight excluding hydrogens is 173 g/mol. The molecule has 0 unspecified atom stereocenters. The Balaban J connectivity index is 3.70. The lowest BCUT2D eigenvalue weighted by atomic mass is 10.4. The molecule has 0 aromatic rings. The summed E-state index contributed by atoms with van der Waals surface area (Å²) in [6.07, 6.45) is -5.43. The molecule has 0 saturated heterocycles. The molecule has 2 N–H and O–H groups in total. The summed E-state index contributed by atoms with van der Waals surface area (Å²) >= 11 is 0. The van der Waals surface area contributed by atoms with E-state index in [0.29, 0.717) is 0 Å². The van der Waals surface area contributed by atoms with E-state index in [4.69, 9.17) is 5.73 Å². The average molecular weight is 184 g/mol. The molecule has 0 bridgehead atoms. The van der Waals surface area contributed by atoms with Crippen LogP contribution in [0.1, 0.15) is 6.42 Å². The predicted octanol–water partition coefficient (Wildman–Crippen LogP) is 0.942. The summed E-state index contributed by atoms with van der Waals surface area (Å²) in [6, 6.07) is 0. The number of aliphatic imine (C=N–C) groups is 1. The van der Waals surface area contributed by atoms with Crippen molar-refractivity contribution in [3.05, 3.63) is 0 Å². The molecule has 0 rings (SSSR count). The molecule has 0 aliphatic heterocycles. The Labute approximate surface area is 68.4 Å². The smallest absolute Gasteiger partial charge is 0.387 e. The molecule has 12 heavy (non-hydrogen) atoms. The van der Waals surface area contributed by atoms with E-state index in [1.54, 1.807) is 0 Å². The number of nitrogens with zero attached hydrogens (tertiary/aromatic N) is 1. The topological polar surface area (TPSA) is 47.6 Å². The van der Waals surface area contributed by atoms with Crippen LogP contribution >= 0.6 is 0 Å². The lowest BCUT2D eigenvalue weighted by Gasteiger charge is -2.04. The second-order valence-electron chi connectivity index (χ2n) is 2.16. The van der Waals surface area contributed by atoms with Crippen molar-refractivity contribution in [3.63, 3.8) is 0 Å². The van der Waals surface area contributed by atoms with Crippen molar-refractivity contribution in [2.45, 2.75) is 12.6 Å². The Morgan fingerprint density at radius 3 is 2.50 bits per heavy atom. The maximum atomic E-state index is 11.6. The van der Waals surface area contributed by atoms with Crippen LogP contribution in [0.2, 0.25) is 0 Å². The maximum Gasteiger partial charge on any atom is 0.395 e. The fraction of sp³-hybridized carbons (Fsp3) is 0.833. The third kappa shape index (κ3) is 7.33. The quantitative estimate of drug-likeness (QED) is 0.401. The first-order chi connectivity index (χ1) is 5.45. The molecule has 0 heterocycles. The van der Waals surface area contributed by atoms with E-state index in [0.717, 1.165) is 0 Å². The summed E-state index contributed by atoms with van der Waals surface area (Å²) in [6.45, 7) is 0.441. The number of ether oxygens (including phenoxy) is 1. The van der Waals surface area contributed by atoms with Gasteiger partial charge in [-0.1, -0.05) is 0 Å². The van der Waals surface area contributed by atoms with E-state index in [9.17, 15) is 13.2 Å². The first-order valence-electron chi connectivity index (χ1n) is 3.30. The van der Waals surface area contributed by atoms with E-state index in [1.165, 1.54) is 7.11 Å². The van der Waals surface area contributed by atoms with Gasteiger partial charge in [0.05, 0.1) is 13.2 Å². The van der Waals surface area contributed by atoms with Crippen LogP contribution in [0, 0.1) is 0 Å². The van der Waals surface area contributed by atoms with Gasteiger partial charge in [-0.25, -0.2) is 0 Å². The fourth-order valence-corrected chi connectivity index (χ4v) is 0.542. The highest BCUT2D eigenvalue weighted by Crippen LogP contribution is 2.18. The number of nitrogens with two attached hydrogens (primary N) is 1. The van der Waals surface area contributed by atoms with Gasteiger partial charge in [0.15, 0.2) is 0 Å². The third-order valence-electron chi connectivity index (χ3n) is 0.992. The average Bonchev–Trinajstić information content (AvgIpc) is 1.84. The molecule has 6 heteroatoms. The number of rotatable bonds is 4. The minimum Gasteiger partial charge on any atom is -0.387 e. The van der Waals surface area contributed by atoms with Crippen LogP contribution in [0.3, 0.4) is 0 Å². The van der Waals surface area contributed by atoms with Gasteiger partial charge in [0.2, 0.25) is 0 Å². The van der Waals surface area contributed by atoms with Crippen molar-refractivity contribution in [2.24, 2.45) is 10.7 Å². The lowest BCUT2D eigenvalue weighted by Crippen LogP contribution is -2.22. The van der Waals surface area contributed by atoms with E-state index in [1.807, 2.05) is 0 Å². The van der Waals surface area contributed by atoms with Crippen molar-refractivity contribution < 1.29 is 17.9 Å². The summed E-state index contributed by atoms with van der Waals surface area (Å²) in [5.74, 6) is -0.403. The van der Waals surface area contributed by atoms with Crippen molar-refractivity contribution in [3.8, 4) is 0 Å². The van der Waals surface area contributed by atoms with Gasteiger partial charge in [0.1, 0.15) is 12.3 Å². The zero-order valence-electron chi connectivity index (χ0n) is 6.69. The molecule has 0 amide bonds. The van der Waals surface area contributed by atoms with Crippen LogP contribution in [-0.2, 0) is 4.74 Å². The van der Waals surface area contributed by atoms with Gasteiger partial charge in [-0.2, -0.15) is 13.2 Å². The second-order valence-corrected chi connectivity index (χ2v) is 2.16. The fourth-order valence-electron chi connectivity index (χ4n) is 0.542. The van der Waals surface area contributed by atoms with Crippen LogP contribution < -0.4 is 5.73 Å². The van der Waals surface area contributed by atoms with E-state index in [-0.39, 0.29) is 13.2 Å². The van der Waals surface area contributed by atoms with E-state index < -0.39 is 18.4 Å². The maximum absolute atomic E-state index is 11.6. The Morgan fingerprint density at radius 2 is 2.08 bits per heavy atom. The number of alkyl halides is 3. The molecule has 3 nitrogen and oxygen atoms in total. The van der Waals surface area contributed by atoms with Gasteiger partial charge >= 0.3 is 6.18 Å². The SMILES string of the molecule is COCCN=C(N)CC(F)(F)F. The molecule has 72 valence electrons.